The van der Waals surface area contributed by atoms with E-state index in [-0.39, 0.29) is 11.6 Å². The standard InChI is InChI=1S/C16H19F3N6/c17-16(18,19)13-10-14(21-6-1-2-12-5-9-22-25-12)24-15(23-13)11-3-7-20-8-4-11/h3-4,7-8,10,12,22,25H,1-2,5-6,9H2,(H,21,23,24). The number of hydrogen-bond donors (Lipinski definition) is 3. The lowest BCUT2D eigenvalue weighted by Gasteiger charge is -2.13. The topological polar surface area (TPSA) is 74.8 Å². The van der Waals surface area contributed by atoms with Crippen molar-refractivity contribution >= 4 is 5.82 Å². The van der Waals surface area contributed by atoms with Crippen LogP contribution in [0.15, 0.2) is 30.6 Å². The fourth-order valence-corrected chi connectivity index (χ4v) is 2.63. The summed E-state index contributed by atoms with van der Waals surface area (Å²) in [6.45, 7) is 1.48. The minimum Gasteiger partial charge on any atom is -0.370 e. The molecule has 0 aromatic carbocycles. The highest BCUT2D eigenvalue weighted by atomic mass is 19.4. The third kappa shape index (κ3) is 4.86. The normalized spacial score (nSPS) is 17.6. The first-order valence-corrected chi connectivity index (χ1v) is 8.11. The zero-order chi connectivity index (χ0) is 17.7. The van der Waals surface area contributed by atoms with Crippen molar-refractivity contribution in [2.75, 3.05) is 18.4 Å². The molecule has 3 rings (SSSR count). The Balaban J connectivity index is 1.71. The van der Waals surface area contributed by atoms with E-state index in [1.807, 2.05) is 0 Å². The van der Waals surface area contributed by atoms with Gasteiger partial charge in [-0.2, -0.15) is 13.2 Å². The Hall–Kier alpha value is -2.26. The molecule has 3 N–H and O–H groups in total. The van der Waals surface area contributed by atoms with Gasteiger partial charge in [0.15, 0.2) is 11.5 Å². The number of alkyl halides is 3. The molecular weight excluding hydrogens is 333 g/mol. The van der Waals surface area contributed by atoms with E-state index in [0.29, 0.717) is 18.2 Å². The molecule has 0 amide bonds. The zero-order valence-electron chi connectivity index (χ0n) is 13.5. The van der Waals surface area contributed by atoms with Crippen LogP contribution in [0.5, 0.6) is 0 Å². The Kier molecular flexibility index (Phi) is 5.44. The van der Waals surface area contributed by atoms with Crippen molar-refractivity contribution in [1.29, 1.82) is 0 Å². The highest BCUT2D eigenvalue weighted by molar-refractivity contribution is 5.57. The number of anilines is 1. The van der Waals surface area contributed by atoms with Crippen LogP contribution in [0, 0.1) is 0 Å². The number of aromatic nitrogens is 3. The predicted octanol–water partition coefficient (Wildman–Crippen LogP) is 2.62. The van der Waals surface area contributed by atoms with Crippen LogP contribution in [0.1, 0.15) is 25.0 Å². The lowest BCUT2D eigenvalue weighted by molar-refractivity contribution is -0.141. The molecule has 1 aliphatic rings. The molecule has 1 aliphatic heterocycles. The third-order valence-corrected chi connectivity index (χ3v) is 3.91. The van der Waals surface area contributed by atoms with Crippen molar-refractivity contribution in [3.8, 4) is 11.4 Å². The summed E-state index contributed by atoms with van der Waals surface area (Å²) in [5.41, 5.74) is 5.75. The summed E-state index contributed by atoms with van der Waals surface area (Å²) < 4.78 is 39.3. The highest BCUT2D eigenvalue weighted by Crippen LogP contribution is 2.30. The molecule has 2 aromatic rings. The Labute approximate surface area is 143 Å². The van der Waals surface area contributed by atoms with Crippen LogP contribution in [0.3, 0.4) is 0 Å². The SMILES string of the molecule is FC(F)(F)c1cc(NCCCC2CCNN2)nc(-c2ccncc2)n1. The molecule has 1 unspecified atom stereocenters. The minimum absolute atomic E-state index is 0.0291. The maximum Gasteiger partial charge on any atom is 0.433 e. The van der Waals surface area contributed by atoms with Gasteiger partial charge in [-0.3, -0.25) is 15.8 Å². The van der Waals surface area contributed by atoms with Gasteiger partial charge in [0.1, 0.15) is 5.82 Å². The molecule has 25 heavy (non-hydrogen) atoms. The monoisotopic (exact) mass is 352 g/mol. The molecule has 6 nitrogen and oxygen atoms in total. The molecule has 1 atom stereocenters. The maximum atomic E-state index is 13.1. The predicted molar refractivity (Wildman–Crippen MR) is 87.5 cm³/mol. The van der Waals surface area contributed by atoms with Gasteiger partial charge in [0.25, 0.3) is 0 Å². The van der Waals surface area contributed by atoms with Crippen LogP contribution >= 0.6 is 0 Å². The molecular formula is C16H19F3N6. The molecule has 0 saturated carbocycles. The fraction of sp³-hybridized carbons (Fsp3) is 0.438. The van der Waals surface area contributed by atoms with Crippen LogP contribution in [0.4, 0.5) is 19.0 Å². The average Bonchev–Trinajstić information content (AvgIpc) is 3.12. The second kappa shape index (κ2) is 7.75. The van der Waals surface area contributed by atoms with E-state index < -0.39 is 11.9 Å². The van der Waals surface area contributed by atoms with Crippen molar-refractivity contribution in [2.24, 2.45) is 0 Å². The van der Waals surface area contributed by atoms with Crippen molar-refractivity contribution < 1.29 is 13.2 Å². The van der Waals surface area contributed by atoms with E-state index in [9.17, 15) is 13.2 Å². The molecule has 9 heteroatoms. The van der Waals surface area contributed by atoms with Crippen LogP contribution in [-0.2, 0) is 6.18 Å². The number of rotatable bonds is 6. The fourth-order valence-electron chi connectivity index (χ4n) is 2.63. The van der Waals surface area contributed by atoms with Crippen molar-refractivity contribution in [3.05, 3.63) is 36.3 Å². The summed E-state index contributed by atoms with van der Waals surface area (Å²) in [4.78, 5) is 11.7. The van der Waals surface area contributed by atoms with Gasteiger partial charge < -0.3 is 5.32 Å². The maximum absolute atomic E-state index is 13.1. The van der Waals surface area contributed by atoms with E-state index in [4.69, 9.17) is 0 Å². The Morgan fingerprint density at radius 3 is 2.68 bits per heavy atom. The first-order chi connectivity index (χ1) is 12.0. The van der Waals surface area contributed by atoms with E-state index in [2.05, 4.69) is 31.1 Å². The second-order valence-corrected chi connectivity index (χ2v) is 5.82. The Morgan fingerprint density at radius 1 is 1.20 bits per heavy atom. The molecule has 0 aliphatic carbocycles. The largest absolute Gasteiger partial charge is 0.433 e. The number of pyridine rings is 1. The van der Waals surface area contributed by atoms with E-state index in [1.54, 1.807) is 12.1 Å². The van der Waals surface area contributed by atoms with Crippen LogP contribution in [0.2, 0.25) is 0 Å². The Morgan fingerprint density at radius 2 is 2.00 bits per heavy atom. The highest BCUT2D eigenvalue weighted by Gasteiger charge is 2.33. The molecule has 1 saturated heterocycles. The number of hydrazine groups is 1. The van der Waals surface area contributed by atoms with Gasteiger partial charge in [0.2, 0.25) is 0 Å². The summed E-state index contributed by atoms with van der Waals surface area (Å²) in [6.07, 6.45) is 1.28. The van der Waals surface area contributed by atoms with E-state index in [0.717, 1.165) is 31.9 Å². The lowest BCUT2D eigenvalue weighted by atomic mass is 10.1. The first-order valence-electron chi connectivity index (χ1n) is 8.11. The van der Waals surface area contributed by atoms with E-state index >= 15 is 0 Å². The van der Waals surface area contributed by atoms with Gasteiger partial charge >= 0.3 is 6.18 Å². The molecule has 3 heterocycles. The average molecular weight is 352 g/mol. The first kappa shape index (κ1) is 17.6. The van der Waals surface area contributed by atoms with Crippen LogP contribution < -0.4 is 16.2 Å². The van der Waals surface area contributed by atoms with Gasteiger partial charge in [-0.25, -0.2) is 9.97 Å². The van der Waals surface area contributed by atoms with Crippen molar-refractivity contribution in [3.63, 3.8) is 0 Å². The van der Waals surface area contributed by atoms with Gasteiger partial charge in [-0.05, 0) is 31.4 Å². The molecule has 0 radical (unpaired) electrons. The number of halogens is 3. The van der Waals surface area contributed by atoms with Gasteiger partial charge in [0.05, 0.1) is 0 Å². The van der Waals surface area contributed by atoms with Gasteiger partial charge in [-0.1, -0.05) is 0 Å². The molecule has 1 fully saturated rings. The lowest BCUT2D eigenvalue weighted by Crippen LogP contribution is -2.30. The molecule has 2 aromatic heterocycles. The summed E-state index contributed by atoms with van der Waals surface area (Å²) >= 11 is 0. The van der Waals surface area contributed by atoms with Crippen molar-refractivity contribution in [2.45, 2.75) is 31.5 Å². The summed E-state index contributed by atoms with van der Waals surface area (Å²) in [6, 6.07) is 4.51. The summed E-state index contributed by atoms with van der Waals surface area (Å²) in [7, 11) is 0. The van der Waals surface area contributed by atoms with Crippen LogP contribution in [-0.4, -0.2) is 34.1 Å². The summed E-state index contributed by atoms with van der Waals surface area (Å²) in [5, 5.41) is 2.98. The molecule has 134 valence electrons. The zero-order valence-corrected chi connectivity index (χ0v) is 13.5. The molecule has 0 spiro atoms. The Bertz CT molecular complexity index is 686. The quantitative estimate of drug-likeness (QED) is 0.694. The molecule has 0 bridgehead atoms. The number of nitrogens with zero attached hydrogens (tertiary/aromatic N) is 3. The smallest absolute Gasteiger partial charge is 0.370 e. The van der Waals surface area contributed by atoms with E-state index in [1.165, 1.54) is 12.4 Å². The third-order valence-electron chi connectivity index (χ3n) is 3.91. The van der Waals surface area contributed by atoms with Crippen molar-refractivity contribution in [1.82, 2.24) is 25.8 Å². The van der Waals surface area contributed by atoms with Gasteiger partial charge in [0, 0.05) is 43.2 Å². The van der Waals surface area contributed by atoms with Gasteiger partial charge in [-0.15, -0.1) is 0 Å². The number of hydrogen-bond acceptors (Lipinski definition) is 6. The summed E-state index contributed by atoms with van der Waals surface area (Å²) in [5.74, 6) is 0.202. The second-order valence-electron chi connectivity index (χ2n) is 5.82. The van der Waals surface area contributed by atoms with Crippen LogP contribution in [0.25, 0.3) is 11.4 Å². The minimum atomic E-state index is -4.53. The number of nitrogens with one attached hydrogen (secondary N) is 3.